The summed E-state index contributed by atoms with van der Waals surface area (Å²) in [5, 5.41) is 2.90. The summed E-state index contributed by atoms with van der Waals surface area (Å²) in [6, 6.07) is 16.2. The number of ether oxygens (including phenoxy) is 2. The second-order valence-electron chi connectivity index (χ2n) is 6.81. The fraction of sp³-hybridized carbons (Fsp3) is 0.364. The molecule has 0 saturated carbocycles. The Hall–Kier alpha value is -2.86. The van der Waals surface area contributed by atoms with Crippen molar-refractivity contribution < 1.29 is 19.1 Å². The Balaban J connectivity index is 1.59. The number of carbonyl (C=O) groups excluding carboxylic acids is 2. The van der Waals surface area contributed by atoms with Gasteiger partial charge in [0.1, 0.15) is 12.4 Å². The van der Waals surface area contributed by atoms with Crippen molar-refractivity contribution in [3.63, 3.8) is 0 Å². The maximum atomic E-state index is 12.8. The van der Waals surface area contributed by atoms with Crippen molar-refractivity contribution in [2.45, 2.75) is 25.9 Å². The average molecular weight is 382 g/mol. The van der Waals surface area contributed by atoms with Gasteiger partial charge in [-0.05, 0) is 56.2 Å². The highest BCUT2D eigenvalue weighted by Crippen LogP contribution is 2.16. The maximum absolute atomic E-state index is 12.8. The van der Waals surface area contributed by atoms with Gasteiger partial charge in [-0.15, -0.1) is 0 Å². The zero-order valence-corrected chi connectivity index (χ0v) is 16.1. The molecule has 1 N–H and O–H groups in total. The molecule has 6 nitrogen and oxygen atoms in total. The number of hydrogen-bond acceptors (Lipinski definition) is 4. The summed E-state index contributed by atoms with van der Waals surface area (Å²) in [5.74, 6) is 0.774. The van der Waals surface area contributed by atoms with Crippen LogP contribution in [0.5, 0.6) is 5.75 Å². The van der Waals surface area contributed by atoms with Gasteiger partial charge in [0, 0.05) is 24.4 Å². The summed E-state index contributed by atoms with van der Waals surface area (Å²) < 4.78 is 11.4. The van der Waals surface area contributed by atoms with Gasteiger partial charge in [-0.1, -0.05) is 18.2 Å². The molecule has 0 spiro atoms. The third kappa shape index (κ3) is 5.82. The van der Waals surface area contributed by atoms with Crippen LogP contribution in [0.25, 0.3) is 0 Å². The molecule has 1 unspecified atom stereocenters. The van der Waals surface area contributed by atoms with E-state index in [-0.39, 0.29) is 17.9 Å². The van der Waals surface area contributed by atoms with Crippen LogP contribution in [0, 0.1) is 0 Å². The molecule has 0 radical (unpaired) electrons. The van der Waals surface area contributed by atoms with E-state index in [1.54, 1.807) is 29.2 Å². The minimum absolute atomic E-state index is 0.00375. The van der Waals surface area contributed by atoms with Crippen molar-refractivity contribution >= 4 is 17.5 Å². The molecule has 3 rings (SSSR count). The Labute approximate surface area is 165 Å². The van der Waals surface area contributed by atoms with Gasteiger partial charge in [0.15, 0.2) is 5.78 Å². The lowest BCUT2D eigenvalue weighted by Gasteiger charge is -2.26. The highest BCUT2D eigenvalue weighted by Gasteiger charge is 2.22. The van der Waals surface area contributed by atoms with E-state index in [0.29, 0.717) is 30.9 Å². The number of urea groups is 1. The van der Waals surface area contributed by atoms with Crippen LogP contribution in [-0.4, -0.2) is 49.1 Å². The minimum Gasteiger partial charge on any atom is -0.492 e. The molecular formula is C22H26N2O4. The molecule has 6 heteroatoms. The quantitative estimate of drug-likeness (QED) is 0.701. The Bertz CT molecular complexity index is 771. The molecule has 0 aromatic heterocycles. The van der Waals surface area contributed by atoms with Gasteiger partial charge >= 0.3 is 6.03 Å². The third-order valence-electron chi connectivity index (χ3n) is 4.65. The highest BCUT2D eigenvalue weighted by molar-refractivity contribution is 5.95. The van der Waals surface area contributed by atoms with Gasteiger partial charge in [-0.2, -0.15) is 0 Å². The molecular weight excluding hydrogens is 356 g/mol. The predicted molar refractivity (Wildman–Crippen MR) is 108 cm³/mol. The number of benzene rings is 2. The Kier molecular flexibility index (Phi) is 7.03. The van der Waals surface area contributed by atoms with Crippen molar-refractivity contribution in [1.82, 2.24) is 4.90 Å². The standard InChI is InChI=1S/C22H26N2O4/c1-17(25)18-9-11-19(12-10-18)23-22(26)24(16-21-8-5-14-27-21)13-15-28-20-6-3-2-4-7-20/h2-4,6-7,9-12,21H,5,8,13-16H2,1H3,(H,23,26). The lowest BCUT2D eigenvalue weighted by Crippen LogP contribution is -2.42. The summed E-state index contributed by atoms with van der Waals surface area (Å²) in [4.78, 5) is 25.9. The van der Waals surface area contributed by atoms with Crippen molar-refractivity contribution in [3.8, 4) is 5.75 Å². The smallest absolute Gasteiger partial charge is 0.322 e. The molecule has 148 valence electrons. The lowest BCUT2D eigenvalue weighted by molar-refractivity contribution is 0.0799. The van der Waals surface area contributed by atoms with Crippen molar-refractivity contribution in [3.05, 3.63) is 60.2 Å². The lowest BCUT2D eigenvalue weighted by atomic mass is 10.1. The average Bonchev–Trinajstić information content (AvgIpc) is 3.21. The number of rotatable bonds is 8. The van der Waals surface area contributed by atoms with Gasteiger partial charge in [0.05, 0.1) is 12.6 Å². The van der Waals surface area contributed by atoms with E-state index in [2.05, 4.69) is 5.32 Å². The number of carbonyl (C=O) groups is 2. The van der Waals surface area contributed by atoms with Gasteiger partial charge < -0.3 is 19.7 Å². The number of nitrogens with one attached hydrogen (secondary N) is 1. The zero-order chi connectivity index (χ0) is 19.8. The highest BCUT2D eigenvalue weighted by atomic mass is 16.5. The summed E-state index contributed by atoms with van der Waals surface area (Å²) in [7, 11) is 0. The molecule has 1 fully saturated rings. The molecule has 1 aliphatic rings. The number of hydrogen-bond donors (Lipinski definition) is 1. The molecule has 1 aliphatic heterocycles. The summed E-state index contributed by atoms with van der Waals surface area (Å²) >= 11 is 0. The SMILES string of the molecule is CC(=O)c1ccc(NC(=O)N(CCOc2ccccc2)CC2CCCO2)cc1. The number of nitrogens with zero attached hydrogens (tertiary/aromatic N) is 1. The van der Waals surface area contributed by atoms with Crippen LogP contribution in [0.15, 0.2) is 54.6 Å². The molecule has 0 bridgehead atoms. The van der Waals surface area contributed by atoms with Crippen LogP contribution in [-0.2, 0) is 4.74 Å². The van der Waals surface area contributed by atoms with Gasteiger partial charge in [-0.25, -0.2) is 4.79 Å². The first-order valence-electron chi connectivity index (χ1n) is 9.58. The van der Waals surface area contributed by atoms with Gasteiger partial charge in [0.2, 0.25) is 0 Å². The van der Waals surface area contributed by atoms with Crippen LogP contribution in [0.3, 0.4) is 0 Å². The minimum atomic E-state index is -0.206. The van der Waals surface area contributed by atoms with E-state index in [4.69, 9.17) is 9.47 Å². The van der Waals surface area contributed by atoms with Crippen molar-refractivity contribution in [2.24, 2.45) is 0 Å². The van der Waals surface area contributed by atoms with E-state index >= 15 is 0 Å². The molecule has 2 aromatic rings. The number of ketones is 1. The fourth-order valence-corrected chi connectivity index (χ4v) is 3.09. The number of Topliss-reactive ketones (excluding diaryl/α,β-unsaturated/α-hetero) is 1. The summed E-state index contributed by atoms with van der Waals surface area (Å²) in [6.45, 7) is 3.63. The van der Waals surface area contributed by atoms with Crippen LogP contribution in [0.4, 0.5) is 10.5 Å². The predicted octanol–water partition coefficient (Wildman–Crippen LogP) is 3.98. The topological polar surface area (TPSA) is 67.9 Å². The molecule has 1 atom stereocenters. The Morgan fingerprint density at radius 2 is 1.89 bits per heavy atom. The van der Waals surface area contributed by atoms with Crippen molar-refractivity contribution in [1.29, 1.82) is 0 Å². The molecule has 0 aliphatic carbocycles. The molecule has 2 amide bonds. The number of amides is 2. The first-order chi connectivity index (χ1) is 13.6. The normalized spacial score (nSPS) is 15.8. The van der Waals surface area contributed by atoms with Crippen molar-refractivity contribution in [2.75, 3.05) is 31.6 Å². The van der Waals surface area contributed by atoms with Gasteiger partial charge in [-0.3, -0.25) is 4.79 Å². The summed E-state index contributed by atoms with van der Waals surface area (Å²) in [5.41, 5.74) is 1.27. The van der Waals surface area contributed by atoms with E-state index < -0.39 is 0 Å². The molecule has 28 heavy (non-hydrogen) atoms. The second kappa shape index (κ2) is 9.90. The molecule has 2 aromatic carbocycles. The fourth-order valence-electron chi connectivity index (χ4n) is 3.09. The van der Waals surface area contributed by atoms with Crippen LogP contribution in [0.1, 0.15) is 30.1 Å². The third-order valence-corrected chi connectivity index (χ3v) is 4.65. The van der Waals surface area contributed by atoms with E-state index in [1.165, 1.54) is 6.92 Å². The number of anilines is 1. The summed E-state index contributed by atoms with van der Waals surface area (Å²) in [6.07, 6.45) is 2.03. The van der Waals surface area contributed by atoms with E-state index in [9.17, 15) is 9.59 Å². The van der Waals surface area contributed by atoms with Crippen LogP contribution >= 0.6 is 0 Å². The van der Waals surface area contributed by atoms with E-state index in [0.717, 1.165) is 25.2 Å². The van der Waals surface area contributed by atoms with E-state index in [1.807, 2.05) is 30.3 Å². The van der Waals surface area contributed by atoms with Crippen LogP contribution in [0.2, 0.25) is 0 Å². The largest absolute Gasteiger partial charge is 0.492 e. The zero-order valence-electron chi connectivity index (χ0n) is 16.1. The van der Waals surface area contributed by atoms with Crippen LogP contribution < -0.4 is 10.1 Å². The molecule has 1 saturated heterocycles. The first kappa shape index (κ1) is 19.9. The second-order valence-corrected chi connectivity index (χ2v) is 6.81. The first-order valence-corrected chi connectivity index (χ1v) is 9.58. The number of para-hydroxylation sites is 1. The Morgan fingerprint density at radius 3 is 2.54 bits per heavy atom. The maximum Gasteiger partial charge on any atom is 0.322 e. The molecule has 1 heterocycles. The van der Waals surface area contributed by atoms with Gasteiger partial charge in [0.25, 0.3) is 0 Å². The monoisotopic (exact) mass is 382 g/mol. The Morgan fingerprint density at radius 1 is 1.14 bits per heavy atom.